The lowest BCUT2D eigenvalue weighted by atomic mass is 10.0. The fraction of sp³-hybridized carbons (Fsp3) is 0.500. The van der Waals surface area contributed by atoms with Crippen molar-refractivity contribution in [1.29, 1.82) is 0 Å². The van der Waals surface area contributed by atoms with E-state index in [1.165, 1.54) is 0 Å². The van der Waals surface area contributed by atoms with Crippen LogP contribution >= 0.6 is 0 Å². The first-order valence-corrected chi connectivity index (χ1v) is 5.45. The molecule has 2 N–H and O–H groups in total. The minimum atomic E-state index is -0.174. The highest BCUT2D eigenvalue weighted by molar-refractivity contribution is 5.95. The summed E-state index contributed by atoms with van der Waals surface area (Å²) in [6.07, 6.45) is 3.41. The van der Waals surface area contributed by atoms with E-state index in [2.05, 4.69) is 15.6 Å². The van der Waals surface area contributed by atoms with Gasteiger partial charge in [0.1, 0.15) is 0 Å². The highest BCUT2D eigenvalue weighted by Crippen LogP contribution is 2.13. The molecule has 0 bridgehead atoms. The summed E-state index contributed by atoms with van der Waals surface area (Å²) in [6.45, 7) is 5.95. The number of aromatic nitrogens is 1. The summed E-state index contributed by atoms with van der Waals surface area (Å²) in [6, 6.07) is 1.63. The SMILES string of the molecule is CNC(C(=O)Nc1ccncc1C)C(C)C. The number of aryl methyl sites for hydroxylation is 1. The lowest BCUT2D eigenvalue weighted by Crippen LogP contribution is -2.42. The lowest BCUT2D eigenvalue weighted by molar-refractivity contribution is -0.118. The van der Waals surface area contributed by atoms with Gasteiger partial charge in [0.15, 0.2) is 0 Å². The molecule has 0 aromatic carbocycles. The van der Waals surface area contributed by atoms with Gasteiger partial charge in [-0.25, -0.2) is 0 Å². The molecule has 88 valence electrons. The van der Waals surface area contributed by atoms with Crippen molar-refractivity contribution in [3.63, 3.8) is 0 Å². The summed E-state index contributed by atoms with van der Waals surface area (Å²) in [5.41, 5.74) is 1.79. The number of amides is 1. The van der Waals surface area contributed by atoms with Gasteiger partial charge in [-0.2, -0.15) is 0 Å². The molecule has 1 aromatic rings. The van der Waals surface area contributed by atoms with Crippen molar-refractivity contribution < 1.29 is 4.79 Å². The molecule has 1 unspecified atom stereocenters. The van der Waals surface area contributed by atoms with Crippen molar-refractivity contribution in [2.45, 2.75) is 26.8 Å². The van der Waals surface area contributed by atoms with E-state index in [4.69, 9.17) is 0 Å². The van der Waals surface area contributed by atoms with Crippen LogP contribution in [0.4, 0.5) is 5.69 Å². The Hall–Kier alpha value is -1.42. The number of carbonyl (C=O) groups excluding carboxylic acids is 1. The van der Waals surface area contributed by atoms with E-state index >= 15 is 0 Å². The molecular weight excluding hydrogens is 202 g/mol. The number of hydrogen-bond acceptors (Lipinski definition) is 3. The Morgan fingerprint density at radius 1 is 1.44 bits per heavy atom. The number of nitrogens with one attached hydrogen (secondary N) is 2. The van der Waals surface area contributed by atoms with Crippen LogP contribution in [0.3, 0.4) is 0 Å². The van der Waals surface area contributed by atoms with E-state index in [-0.39, 0.29) is 17.9 Å². The Morgan fingerprint density at radius 2 is 2.12 bits per heavy atom. The van der Waals surface area contributed by atoms with Gasteiger partial charge in [0.2, 0.25) is 5.91 Å². The quantitative estimate of drug-likeness (QED) is 0.811. The topological polar surface area (TPSA) is 54.0 Å². The largest absolute Gasteiger partial charge is 0.324 e. The first kappa shape index (κ1) is 12.6. The standard InChI is InChI=1S/C12H19N3O/c1-8(2)11(13-4)12(16)15-10-5-6-14-7-9(10)3/h5-8,11,13H,1-4H3,(H,14,15,16). The van der Waals surface area contributed by atoms with E-state index in [0.717, 1.165) is 11.3 Å². The first-order chi connectivity index (χ1) is 7.56. The number of likely N-dealkylation sites (N-methyl/N-ethyl adjacent to an activating group) is 1. The lowest BCUT2D eigenvalue weighted by Gasteiger charge is -2.19. The minimum absolute atomic E-state index is 0.00759. The first-order valence-electron chi connectivity index (χ1n) is 5.45. The van der Waals surface area contributed by atoms with Crippen molar-refractivity contribution in [3.05, 3.63) is 24.0 Å². The molecule has 0 spiro atoms. The molecule has 1 aromatic heterocycles. The van der Waals surface area contributed by atoms with Crippen LogP contribution in [0.15, 0.2) is 18.5 Å². The molecule has 0 radical (unpaired) electrons. The molecule has 0 aliphatic rings. The fourth-order valence-electron chi connectivity index (χ4n) is 1.59. The number of anilines is 1. The summed E-state index contributed by atoms with van der Waals surface area (Å²) in [4.78, 5) is 15.9. The number of hydrogen-bond donors (Lipinski definition) is 2. The normalized spacial score (nSPS) is 12.6. The summed E-state index contributed by atoms with van der Waals surface area (Å²) in [7, 11) is 1.80. The number of nitrogens with zero attached hydrogens (tertiary/aromatic N) is 1. The van der Waals surface area contributed by atoms with Gasteiger partial charge in [-0.3, -0.25) is 9.78 Å². The van der Waals surface area contributed by atoms with Crippen LogP contribution in [-0.4, -0.2) is 24.0 Å². The third kappa shape index (κ3) is 3.03. The molecule has 0 saturated carbocycles. The van der Waals surface area contributed by atoms with Gasteiger partial charge in [-0.1, -0.05) is 13.8 Å². The second-order valence-corrected chi connectivity index (χ2v) is 4.19. The predicted molar refractivity (Wildman–Crippen MR) is 65.3 cm³/mol. The van der Waals surface area contributed by atoms with Gasteiger partial charge < -0.3 is 10.6 Å². The molecular formula is C12H19N3O. The van der Waals surface area contributed by atoms with Crippen LogP contribution in [0, 0.1) is 12.8 Å². The Balaban J connectivity index is 2.74. The molecule has 1 amide bonds. The van der Waals surface area contributed by atoms with Crippen molar-refractivity contribution in [2.75, 3.05) is 12.4 Å². The van der Waals surface area contributed by atoms with Gasteiger partial charge >= 0.3 is 0 Å². The maximum Gasteiger partial charge on any atom is 0.241 e. The molecule has 4 nitrogen and oxygen atoms in total. The van der Waals surface area contributed by atoms with E-state index < -0.39 is 0 Å². The van der Waals surface area contributed by atoms with Gasteiger partial charge in [0.25, 0.3) is 0 Å². The molecule has 0 aliphatic carbocycles. The molecule has 1 atom stereocenters. The molecule has 4 heteroatoms. The third-order valence-corrected chi connectivity index (χ3v) is 2.54. The van der Waals surface area contributed by atoms with Crippen LogP contribution < -0.4 is 10.6 Å². The summed E-state index contributed by atoms with van der Waals surface area (Å²) >= 11 is 0. The van der Waals surface area contributed by atoms with E-state index in [9.17, 15) is 4.79 Å². The molecule has 1 heterocycles. The van der Waals surface area contributed by atoms with Crippen molar-refractivity contribution in [1.82, 2.24) is 10.3 Å². The Bertz CT molecular complexity index is 363. The zero-order valence-electron chi connectivity index (χ0n) is 10.2. The van der Waals surface area contributed by atoms with E-state index in [1.54, 1.807) is 25.5 Å². The fourth-order valence-corrected chi connectivity index (χ4v) is 1.59. The second-order valence-electron chi connectivity index (χ2n) is 4.19. The minimum Gasteiger partial charge on any atom is -0.324 e. The predicted octanol–water partition coefficient (Wildman–Crippen LogP) is 1.57. The van der Waals surface area contributed by atoms with Crippen LogP contribution in [-0.2, 0) is 4.79 Å². The maximum atomic E-state index is 11.9. The number of carbonyl (C=O) groups is 1. The Morgan fingerprint density at radius 3 is 2.62 bits per heavy atom. The Labute approximate surface area is 96.5 Å². The zero-order chi connectivity index (χ0) is 12.1. The van der Waals surface area contributed by atoms with Crippen molar-refractivity contribution >= 4 is 11.6 Å². The molecule has 0 saturated heterocycles. The van der Waals surface area contributed by atoms with Gasteiger partial charge in [0.05, 0.1) is 6.04 Å². The summed E-state index contributed by atoms with van der Waals surface area (Å²) in [5.74, 6) is 0.249. The van der Waals surface area contributed by atoms with E-state index in [1.807, 2.05) is 20.8 Å². The zero-order valence-corrected chi connectivity index (χ0v) is 10.2. The molecule has 0 aliphatic heterocycles. The monoisotopic (exact) mass is 221 g/mol. The third-order valence-electron chi connectivity index (χ3n) is 2.54. The van der Waals surface area contributed by atoms with Crippen molar-refractivity contribution in [2.24, 2.45) is 5.92 Å². The number of pyridine rings is 1. The van der Waals surface area contributed by atoms with Crippen LogP contribution in [0.2, 0.25) is 0 Å². The maximum absolute atomic E-state index is 11.9. The highest BCUT2D eigenvalue weighted by atomic mass is 16.2. The van der Waals surface area contributed by atoms with Gasteiger partial charge in [0, 0.05) is 18.1 Å². The van der Waals surface area contributed by atoms with Gasteiger partial charge in [-0.05, 0) is 31.5 Å². The van der Waals surface area contributed by atoms with Crippen LogP contribution in [0.25, 0.3) is 0 Å². The van der Waals surface area contributed by atoms with Gasteiger partial charge in [-0.15, -0.1) is 0 Å². The second kappa shape index (κ2) is 5.61. The van der Waals surface area contributed by atoms with Crippen LogP contribution in [0.1, 0.15) is 19.4 Å². The van der Waals surface area contributed by atoms with Crippen molar-refractivity contribution in [3.8, 4) is 0 Å². The Kier molecular flexibility index (Phi) is 4.43. The average molecular weight is 221 g/mol. The number of rotatable bonds is 4. The van der Waals surface area contributed by atoms with E-state index in [0.29, 0.717) is 0 Å². The average Bonchev–Trinajstić information content (AvgIpc) is 2.22. The molecule has 16 heavy (non-hydrogen) atoms. The summed E-state index contributed by atoms with van der Waals surface area (Å²) < 4.78 is 0. The molecule has 0 fully saturated rings. The van der Waals surface area contributed by atoms with Crippen LogP contribution in [0.5, 0.6) is 0 Å². The molecule has 1 rings (SSSR count). The highest BCUT2D eigenvalue weighted by Gasteiger charge is 2.20. The smallest absolute Gasteiger partial charge is 0.241 e. The summed E-state index contributed by atoms with van der Waals surface area (Å²) in [5, 5.41) is 5.91.